The minimum absolute atomic E-state index is 0.0358. The fraction of sp³-hybridized carbons (Fsp3) is 0.111. The number of carbonyl (C=O) groups excluding carboxylic acids is 2. The molecule has 33 heavy (non-hydrogen) atoms. The smallest absolute Gasteiger partial charge is 0.358 e. The van der Waals surface area contributed by atoms with Crippen LogP contribution < -0.4 is 11.5 Å². The van der Waals surface area contributed by atoms with Crippen molar-refractivity contribution in [3.63, 3.8) is 0 Å². The molecule has 0 unspecified atom stereocenters. The Morgan fingerprint density at radius 2 is 1.45 bits per heavy atom. The lowest BCUT2D eigenvalue weighted by Crippen LogP contribution is -2.10. The first kappa shape index (κ1) is 25.5. The third-order valence-electron chi connectivity index (χ3n) is 3.60. The van der Waals surface area contributed by atoms with Gasteiger partial charge in [-0.2, -0.15) is 4.98 Å². The molecule has 3 aromatic rings. The quantitative estimate of drug-likeness (QED) is 0.300. The number of halogens is 3. The molecule has 0 saturated heterocycles. The second-order valence-corrected chi connectivity index (χ2v) is 6.73. The van der Waals surface area contributed by atoms with Gasteiger partial charge in [0.2, 0.25) is 5.28 Å². The first-order chi connectivity index (χ1) is 15.6. The summed E-state index contributed by atoms with van der Waals surface area (Å²) in [5, 5.41) is -0.273. The van der Waals surface area contributed by atoms with E-state index in [0.29, 0.717) is 5.56 Å². The number of ether oxygens (including phenoxy) is 2. The van der Waals surface area contributed by atoms with Gasteiger partial charge in [-0.3, -0.25) is 0 Å². The molecule has 0 aliphatic rings. The van der Waals surface area contributed by atoms with Crippen LogP contribution in [0.15, 0.2) is 18.3 Å². The van der Waals surface area contributed by atoms with E-state index in [1.807, 2.05) is 0 Å². The van der Waals surface area contributed by atoms with Crippen molar-refractivity contribution in [2.24, 2.45) is 0 Å². The number of hydrogen-bond acceptors (Lipinski definition) is 11. The molecule has 0 saturated carbocycles. The van der Waals surface area contributed by atoms with Gasteiger partial charge in [0, 0.05) is 0 Å². The van der Waals surface area contributed by atoms with E-state index < -0.39 is 11.9 Å². The summed E-state index contributed by atoms with van der Waals surface area (Å²) in [5.74, 6) is -1.09. The van der Waals surface area contributed by atoms with Crippen molar-refractivity contribution in [2.45, 2.75) is 0 Å². The lowest BCUT2D eigenvalue weighted by atomic mass is 10.2. The number of rotatable bonds is 3. The highest BCUT2D eigenvalue weighted by molar-refractivity contribution is 6.36. The fourth-order valence-corrected chi connectivity index (χ4v) is 2.58. The van der Waals surface area contributed by atoms with Crippen LogP contribution >= 0.6 is 34.8 Å². The van der Waals surface area contributed by atoms with Gasteiger partial charge in [0.1, 0.15) is 27.9 Å². The molecule has 0 aliphatic carbocycles. The van der Waals surface area contributed by atoms with E-state index in [1.54, 1.807) is 6.07 Å². The first-order valence-corrected chi connectivity index (χ1v) is 9.58. The minimum atomic E-state index is -0.712. The summed E-state index contributed by atoms with van der Waals surface area (Å²) in [6.45, 7) is 6.83. The van der Waals surface area contributed by atoms with E-state index in [1.165, 1.54) is 26.5 Å². The Morgan fingerprint density at radius 3 is 1.94 bits per heavy atom. The van der Waals surface area contributed by atoms with Gasteiger partial charge >= 0.3 is 11.9 Å². The Balaban J connectivity index is 0.000000257. The molecule has 0 bridgehead atoms. The number of pyridine rings is 1. The van der Waals surface area contributed by atoms with Gasteiger partial charge in [-0.05, 0) is 17.7 Å². The average Bonchev–Trinajstić information content (AvgIpc) is 2.82. The van der Waals surface area contributed by atoms with Crippen LogP contribution in [0.3, 0.4) is 0 Å². The topological polar surface area (TPSA) is 173 Å². The van der Waals surface area contributed by atoms with Crippen molar-refractivity contribution in [2.75, 3.05) is 25.7 Å². The van der Waals surface area contributed by atoms with Crippen molar-refractivity contribution in [1.29, 1.82) is 0 Å². The van der Waals surface area contributed by atoms with Gasteiger partial charge in [0.25, 0.3) is 5.82 Å². The van der Waals surface area contributed by atoms with Crippen LogP contribution in [-0.4, -0.2) is 51.1 Å². The fourth-order valence-electron chi connectivity index (χ4n) is 2.08. The van der Waals surface area contributed by atoms with Gasteiger partial charge < -0.3 is 25.8 Å². The van der Waals surface area contributed by atoms with E-state index >= 15 is 0 Å². The highest BCUT2D eigenvalue weighted by atomic mass is 35.5. The highest BCUT2D eigenvalue weighted by Gasteiger charge is 2.19. The lowest BCUT2D eigenvalue weighted by molar-refractivity contribution is 0.0585. The molecule has 12 nitrogen and oxygen atoms in total. The number of nitrogens with zero attached hydrogens (tertiary/aromatic N) is 6. The highest BCUT2D eigenvalue weighted by Crippen LogP contribution is 2.25. The zero-order valence-corrected chi connectivity index (χ0v) is 19.1. The molecule has 0 radical (unpaired) electrons. The Labute approximate surface area is 201 Å². The van der Waals surface area contributed by atoms with Crippen molar-refractivity contribution in [3.05, 3.63) is 56.5 Å². The third kappa shape index (κ3) is 6.13. The molecule has 15 heteroatoms. The molecule has 4 N–H and O–H groups in total. The maximum absolute atomic E-state index is 11.6. The monoisotopic (exact) mass is 510 g/mol. The van der Waals surface area contributed by atoms with Crippen LogP contribution in [0.1, 0.15) is 21.0 Å². The predicted molar refractivity (Wildman–Crippen MR) is 120 cm³/mol. The van der Waals surface area contributed by atoms with Crippen LogP contribution in [0.25, 0.3) is 16.2 Å². The van der Waals surface area contributed by atoms with E-state index in [4.69, 9.17) is 52.8 Å². The second-order valence-electron chi connectivity index (χ2n) is 5.64. The Hall–Kier alpha value is -3.79. The predicted octanol–water partition coefficient (Wildman–Crippen LogP) is 3.26. The number of nitrogens with two attached hydrogens (primary N) is 2. The maximum Gasteiger partial charge on any atom is 0.358 e. The molecular weight excluding hydrogens is 499 g/mol. The molecule has 170 valence electrons. The number of nitrogen functional groups attached to an aromatic ring is 2. The minimum Gasteiger partial charge on any atom is -0.464 e. The van der Waals surface area contributed by atoms with Crippen molar-refractivity contribution < 1.29 is 19.1 Å². The average molecular weight is 512 g/mol. The van der Waals surface area contributed by atoms with E-state index in [0.717, 1.165) is 0 Å². The third-order valence-corrected chi connectivity index (χ3v) is 4.52. The SMILES string of the molecule is COC(=O)c1nc(Cl)nc(N)c1Cl.[C-]#[N+]c1ccc(-c2nc(N)c(Cl)c(C(=O)OC)n2)cn1. The van der Waals surface area contributed by atoms with Crippen LogP contribution in [0.2, 0.25) is 15.3 Å². The molecule has 0 aromatic carbocycles. The Morgan fingerprint density at radius 1 is 0.909 bits per heavy atom. The molecule has 0 spiro atoms. The molecule has 3 aromatic heterocycles. The van der Waals surface area contributed by atoms with Crippen LogP contribution in [0.4, 0.5) is 17.5 Å². The lowest BCUT2D eigenvalue weighted by Gasteiger charge is -2.06. The van der Waals surface area contributed by atoms with Gasteiger partial charge in [-0.25, -0.2) is 24.5 Å². The summed E-state index contributed by atoms with van der Waals surface area (Å²) < 4.78 is 8.97. The van der Waals surface area contributed by atoms with Crippen LogP contribution in [0, 0.1) is 6.57 Å². The zero-order valence-electron chi connectivity index (χ0n) is 16.8. The van der Waals surface area contributed by atoms with Crippen LogP contribution in [0.5, 0.6) is 0 Å². The first-order valence-electron chi connectivity index (χ1n) is 8.44. The number of hydrogen-bond donors (Lipinski definition) is 2. The van der Waals surface area contributed by atoms with Gasteiger partial charge in [-0.15, -0.1) is 4.98 Å². The number of methoxy groups -OCH3 is 2. The molecule has 3 rings (SSSR count). The second kappa shape index (κ2) is 11.2. The van der Waals surface area contributed by atoms with Gasteiger partial charge in [-0.1, -0.05) is 35.8 Å². The number of carbonyl (C=O) groups is 2. The molecular formula is C18H13Cl3N8O4. The Bertz CT molecular complexity index is 1250. The van der Waals surface area contributed by atoms with E-state index in [9.17, 15) is 9.59 Å². The summed E-state index contributed by atoms with van der Waals surface area (Å²) in [6.07, 6.45) is 1.41. The normalized spacial score (nSPS) is 9.82. The summed E-state index contributed by atoms with van der Waals surface area (Å²) in [7, 11) is 2.41. The number of esters is 2. The van der Waals surface area contributed by atoms with E-state index in [2.05, 4.69) is 39.2 Å². The largest absolute Gasteiger partial charge is 0.464 e. The molecule has 0 amide bonds. The van der Waals surface area contributed by atoms with Gasteiger partial charge in [0.15, 0.2) is 17.2 Å². The molecule has 3 heterocycles. The standard InChI is InChI=1S/C12H8ClN5O2.C6H5Cl2N3O2/c1-15-7-4-3-6(5-16-7)11-17-9(12(19)20-2)8(13)10(14)18-11;1-13-5(12)3-2(7)4(9)11-6(8)10-3/h3-5H,2H3,(H2,14,17,18);1H3,(H2,9,10,11). The van der Waals surface area contributed by atoms with Crippen molar-refractivity contribution in [3.8, 4) is 11.4 Å². The number of anilines is 2. The number of aromatic nitrogens is 5. The Kier molecular flexibility index (Phi) is 8.63. The molecule has 0 fully saturated rings. The summed E-state index contributed by atoms with van der Waals surface area (Å²) >= 11 is 17.0. The zero-order chi connectivity index (χ0) is 24.7. The van der Waals surface area contributed by atoms with Crippen molar-refractivity contribution in [1.82, 2.24) is 24.9 Å². The van der Waals surface area contributed by atoms with Crippen LogP contribution in [-0.2, 0) is 9.47 Å². The summed E-state index contributed by atoms with van der Waals surface area (Å²) in [6, 6.07) is 3.11. The van der Waals surface area contributed by atoms with Crippen molar-refractivity contribution >= 4 is 64.2 Å². The summed E-state index contributed by atoms with van der Waals surface area (Å²) in [5.41, 5.74) is 11.2. The molecule has 0 aliphatic heterocycles. The van der Waals surface area contributed by atoms with E-state index in [-0.39, 0.29) is 50.0 Å². The maximum atomic E-state index is 11.6. The van der Waals surface area contributed by atoms with Gasteiger partial charge in [0.05, 0.1) is 19.8 Å². The summed E-state index contributed by atoms with van der Waals surface area (Å²) in [4.78, 5) is 44.8. The molecule has 0 atom stereocenters.